The number of nitrogen functional groups attached to an aromatic ring is 1. The Morgan fingerprint density at radius 3 is 2.62 bits per heavy atom. The fourth-order valence-corrected chi connectivity index (χ4v) is 2.41. The first-order chi connectivity index (χ1) is 10.1. The van der Waals surface area contributed by atoms with Crippen LogP contribution in [-0.4, -0.2) is 20.2 Å². The van der Waals surface area contributed by atoms with Crippen LogP contribution >= 0.6 is 15.9 Å². The third-order valence-corrected chi connectivity index (χ3v) is 3.58. The van der Waals surface area contributed by atoms with Gasteiger partial charge in [0.05, 0.1) is 11.4 Å². The van der Waals surface area contributed by atoms with Crippen molar-refractivity contribution in [2.75, 3.05) is 5.73 Å². The average Bonchev–Trinajstić information content (AvgIpc) is 2.49. The van der Waals surface area contributed by atoms with Crippen LogP contribution in [0.15, 0.2) is 51.9 Å². The average molecular weight is 344 g/mol. The molecule has 0 fully saturated rings. The highest BCUT2D eigenvalue weighted by Gasteiger charge is 2.14. The van der Waals surface area contributed by atoms with Crippen molar-refractivity contribution in [2.24, 2.45) is 0 Å². The van der Waals surface area contributed by atoms with E-state index in [0.717, 1.165) is 10.0 Å². The van der Waals surface area contributed by atoms with Crippen molar-refractivity contribution < 1.29 is 0 Å². The van der Waals surface area contributed by atoms with Gasteiger partial charge in [-0.2, -0.15) is 5.10 Å². The van der Waals surface area contributed by atoms with E-state index < -0.39 is 0 Å². The number of H-pyrrole nitrogens is 1. The van der Waals surface area contributed by atoms with Gasteiger partial charge in [-0.3, -0.25) is 4.79 Å². The van der Waals surface area contributed by atoms with E-state index in [4.69, 9.17) is 5.73 Å². The van der Waals surface area contributed by atoms with Crippen LogP contribution in [0, 0.1) is 0 Å². The van der Waals surface area contributed by atoms with Crippen molar-refractivity contribution in [1.82, 2.24) is 20.2 Å². The predicted molar refractivity (Wildman–Crippen MR) is 83.4 cm³/mol. The van der Waals surface area contributed by atoms with Gasteiger partial charge < -0.3 is 5.73 Å². The number of aromatic nitrogens is 4. The normalized spacial score (nSPS) is 10.5. The number of hydrogen-bond acceptors (Lipinski definition) is 5. The molecule has 0 bridgehead atoms. The molecule has 0 amide bonds. The van der Waals surface area contributed by atoms with Gasteiger partial charge in [-0.15, -0.1) is 0 Å². The van der Waals surface area contributed by atoms with Crippen molar-refractivity contribution in [3.63, 3.8) is 0 Å². The van der Waals surface area contributed by atoms with Crippen LogP contribution in [0.25, 0.3) is 22.5 Å². The van der Waals surface area contributed by atoms with Crippen molar-refractivity contribution in [3.05, 3.63) is 57.4 Å². The highest BCUT2D eigenvalue weighted by molar-refractivity contribution is 9.10. The summed E-state index contributed by atoms with van der Waals surface area (Å²) >= 11 is 3.50. The van der Waals surface area contributed by atoms with Crippen LogP contribution in [0.1, 0.15) is 0 Å². The molecule has 21 heavy (non-hydrogen) atoms. The molecule has 0 aliphatic rings. The van der Waals surface area contributed by atoms with Crippen molar-refractivity contribution in [2.45, 2.75) is 0 Å². The maximum absolute atomic E-state index is 11.1. The molecule has 2 heterocycles. The molecule has 0 aliphatic heterocycles. The summed E-state index contributed by atoms with van der Waals surface area (Å²) in [7, 11) is 0. The molecule has 2 aromatic heterocycles. The van der Waals surface area contributed by atoms with E-state index in [-0.39, 0.29) is 11.5 Å². The summed E-state index contributed by atoms with van der Waals surface area (Å²) in [6, 6.07) is 10.7. The lowest BCUT2D eigenvalue weighted by atomic mass is 10.0. The number of aromatic amines is 1. The minimum atomic E-state index is -0.266. The van der Waals surface area contributed by atoms with E-state index in [1.165, 1.54) is 6.07 Å². The largest absolute Gasteiger partial charge is 0.368 e. The molecule has 7 heteroatoms. The Hall–Kier alpha value is -2.54. The number of nitrogens with two attached hydrogens (primary N) is 1. The van der Waals surface area contributed by atoms with Crippen LogP contribution in [0.4, 0.5) is 5.95 Å². The SMILES string of the molecule is Nc1ncc(-c2ccc(=O)[nH]n2)c(-c2ccccc2Br)n1. The third-order valence-electron chi connectivity index (χ3n) is 2.89. The van der Waals surface area contributed by atoms with Gasteiger partial charge >= 0.3 is 0 Å². The van der Waals surface area contributed by atoms with Crippen molar-refractivity contribution in [3.8, 4) is 22.5 Å². The van der Waals surface area contributed by atoms with Crippen LogP contribution < -0.4 is 11.3 Å². The lowest BCUT2D eigenvalue weighted by Crippen LogP contribution is -2.07. The van der Waals surface area contributed by atoms with Crippen LogP contribution in [0.2, 0.25) is 0 Å². The molecule has 0 unspecified atom stereocenters. The summed E-state index contributed by atoms with van der Waals surface area (Å²) in [6.07, 6.45) is 1.59. The summed E-state index contributed by atoms with van der Waals surface area (Å²) in [5.74, 6) is 0.175. The van der Waals surface area contributed by atoms with Gasteiger partial charge in [0.1, 0.15) is 0 Å². The van der Waals surface area contributed by atoms with Gasteiger partial charge in [-0.05, 0) is 12.1 Å². The van der Waals surface area contributed by atoms with E-state index in [1.54, 1.807) is 12.3 Å². The first-order valence-corrected chi connectivity index (χ1v) is 6.88. The molecule has 1 aromatic carbocycles. The van der Waals surface area contributed by atoms with Crippen molar-refractivity contribution >= 4 is 21.9 Å². The Balaban J connectivity index is 2.25. The number of nitrogens with one attached hydrogen (secondary N) is 1. The number of hydrogen-bond donors (Lipinski definition) is 2. The zero-order valence-electron chi connectivity index (χ0n) is 10.7. The van der Waals surface area contributed by atoms with Gasteiger partial charge in [0.15, 0.2) is 0 Å². The van der Waals surface area contributed by atoms with Crippen LogP contribution in [0.5, 0.6) is 0 Å². The Morgan fingerprint density at radius 1 is 1.10 bits per heavy atom. The Kier molecular flexibility index (Phi) is 3.49. The fraction of sp³-hybridized carbons (Fsp3) is 0. The lowest BCUT2D eigenvalue weighted by molar-refractivity contribution is 0.992. The molecule has 0 saturated carbocycles. The summed E-state index contributed by atoms with van der Waals surface area (Å²) in [6.45, 7) is 0. The van der Waals surface area contributed by atoms with Crippen LogP contribution in [-0.2, 0) is 0 Å². The summed E-state index contributed by atoms with van der Waals surface area (Å²) in [5.41, 5.74) is 8.21. The minimum absolute atomic E-state index is 0.175. The molecular weight excluding hydrogens is 334 g/mol. The Labute approximate surface area is 128 Å². The first-order valence-electron chi connectivity index (χ1n) is 6.08. The van der Waals surface area contributed by atoms with E-state index in [2.05, 4.69) is 36.1 Å². The smallest absolute Gasteiger partial charge is 0.264 e. The zero-order chi connectivity index (χ0) is 14.8. The lowest BCUT2D eigenvalue weighted by Gasteiger charge is -2.09. The maximum atomic E-state index is 11.1. The molecule has 3 aromatic rings. The van der Waals surface area contributed by atoms with E-state index in [1.807, 2.05) is 24.3 Å². The van der Waals surface area contributed by atoms with Gasteiger partial charge in [-0.25, -0.2) is 15.1 Å². The highest BCUT2D eigenvalue weighted by atomic mass is 79.9. The summed E-state index contributed by atoms with van der Waals surface area (Å²) in [4.78, 5) is 19.5. The topological polar surface area (TPSA) is 97.5 Å². The standard InChI is InChI=1S/C14H10BrN5O/c15-10-4-2-1-3-8(10)13-9(7-17-14(16)18-13)11-5-6-12(21)20-19-11/h1-7H,(H,20,21)(H2,16,17,18). The minimum Gasteiger partial charge on any atom is -0.368 e. The number of anilines is 1. The molecule has 3 rings (SSSR count). The van der Waals surface area contributed by atoms with Gasteiger partial charge in [0.2, 0.25) is 5.95 Å². The molecule has 0 saturated heterocycles. The van der Waals surface area contributed by atoms with Crippen molar-refractivity contribution in [1.29, 1.82) is 0 Å². The second kappa shape index (κ2) is 5.45. The number of nitrogens with zero attached hydrogens (tertiary/aromatic N) is 3. The maximum Gasteiger partial charge on any atom is 0.264 e. The number of halogens is 1. The molecule has 0 radical (unpaired) electrons. The fourth-order valence-electron chi connectivity index (χ4n) is 1.94. The molecule has 0 aliphatic carbocycles. The molecule has 0 atom stereocenters. The quantitative estimate of drug-likeness (QED) is 0.743. The van der Waals surface area contributed by atoms with Crippen LogP contribution in [0.3, 0.4) is 0 Å². The molecule has 0 spiro atoms. The number of rotatable bonds is 2. The summed E-state index contributed by atoms with van der Waals surface area (Å²) in [5, 5.41) is 6.42. The second-order valence-electron chi connectivity index (χ2n) is 4.28. The van der Waals surface area contributed by atoms with E-state index in [0.29, 0.717) is 17.0 Å². The molecule has 3 N–H and O–H groups in total. The third kappa shape index (κ3) is 2.68. The Bertz CT molecular complexity index is 841. The predicted octanol–water partition coefficient (Wildman–Crippen LogP) is 2.24. The summed E-state index contributed by atoms with van der Waals surface area (Å²) < 4.78 is 0.883. The molecule has 6 nitrogen and oxygen atoms in total. The Morgan fingerprint density at radius 2 is 1.90 bits per heavy atom. The molecular formula is C14H10BrN5O. The first kappa shape index (κ1) is 13.4. The second-order valence-corrected chi connectivity index (χ2v) is 5.13. The molecule has 104 valence electrons. The van der Waals surface area contributed by atoms with E-state index >= 15 is 0 Å². The van der Waals surface area contributed by atoms with E-state index in [9.17, 15) is 4.79 Å². The van der Waals surface area contributed by atoms with Gasteiger partial charge in [-0.1, -0.05) is 34.1 Å². The monoisotopic (exact) mass is 343 g/mol. The van der Waals surface area contributed by atoms with Gasteiger partial charge in [0, 0.05) is 27.9 Å². The number of benzene rings is 1. The zero-order valence-corrected chi connectivity index (χ0v) is 12.3. The highest BCUT2D eigenvalue weighted by Crippen LogP contribution is 2.33. The van der Waals surface area contributed by atoms with Gasteiger partial charge in [0.25, 0.3) is 5.56 Å².